The summed E-state index contributed by atoms with van der Waals surface area (Å²) in [5.74, 6) is -0.795. The SMILES string of the molecule is C.C.CC1=C(OCC#N)C(B2OC(C)(C)C(C)(C)O2)CC=C1C(=O)NN(C(=O)c1cc(C)cc(C)c1)C(C)(C)C.CC1=C2OCCNB(O)C2CC=C1C(=O)NN(C(=O)c1cc(C)cc(C)c1)C(C)(C)C. The second-order valence-electron chi connectivity index (χ2n) is 21.5. The number of fused-ring (bicyclic) bond motifs is 1. The minimum Gasteiger partial charge on any atom is -0.497 e. The fourth-order valence-corrected chi connectivity index (χ4v) is 8.79. The molecule has 2 fully saturated rings. The maximum absolute atomic E-state index is 13.6. The lowest BCUT2D eigenvalue weighted by Gasteiger charge is -2.36. The van der Waals surface area contributed by atoms with E-state index < -0.39 is 42.4 Å². The molecular weight excluding hydrogens is 898 g/mol. The Bertz CT molecular complexity index is 2450. The molecule has 0 saturated carbocycles. The number of carbonyl (C=O) groups is 4. The second-order valence-corrected chi connectivity index (χ2v) is 21.5. The summed E-state index contributed by atoms with van der Waals surface area (Å²) < 4.78 is 24.2. The Kier molecular flexibility index (Phi) is 19.5. The van der Waals surface area contributed by atoms with Gasteiger partial charge in [-0.1, -0.05) is 61.4 Å². The Morgan fingerprint density at radius 3 is 1.55 bits per heavy atom. The summed E-state index contributed by atoms with van der Waals surface area (Å²) in [6, 6.07) is 13.3. The van der Waals surface area contributed by atoms with Crippen molar-refractivity contribution in [3.63, 3.8) is 0 Å². The lowest BCUT2D eigenvalue weighted by molar-refractivity contribution is -0.123. The van der Waals surface area contributed by atoms with E-state index in [1.54, 1.807) is 13.0 Å². The number of nitriles is 1. The number of benzene rings is 2. The molecule has 71 heavy (non-hydrogen) atoms. The fourth-order valence-electron chi connectivity index (χ4n) is 8.79. The maximum atomic E-state index is 13.6. The summed E-state index contributed by atoms with van der Waals surface area (Å²) >= 11 is 0. The quantitative estimate of drug-likeness (QED) is 0.153. The molecule has 2 atom stereocenters. The van der Waals surface area contributed by atoms with Crippen molar-refractivity contribution >= 4 is 37.8 Å². The van der Waals surface area contributed by atoms with Crippen LogP contribution in [0.4, 0.5) is 0 Å². The molecule has 0 bridgehead atoms. The van der Waals surface area contributed by atoms with Crippen molar-refractivity contribution in [3.8, 4) is 6.07 Å². The van der Waals surface area contributed by atoms with Crippen LogP contribution in [0.25, 0.3) is 0 Å². The van der Waals surface area contributed by atoms with Crippen LogP contribution in [0.15, 0.2) is 82.4 Å². The molecule has 386 valence electrons. The van der Waals surface area contributed by atoms with Crippen molar-refractivity contribution in [2.75, 3.05) is 19.8 Å². The molecule has 17 heteroatoms. The molecule has 4 N–H and O–H groups in total. The molecule has 2 aliphatic carbocycles. The number of nitrogens with one attached hydrogen (secondary N) is 3. The van der Waals surface area contributed by atoms with E-state index in [4.69, 9.17) is 18.8 Å². The molecule has 0 spiro atoms. The average molecular weight is 979 g/mol. The standard InChI is InChI=1S/C29H40BN3O5.C23H32BN3O4.2CH4/c1-18-15-19(2)17-21(16-18)26(35)33(27(4,5)6)32-25(34)22-11-12-23(24(20(22)3)36-14-13-31)30-37-28(7,8)29(9,10)38-30;1-14-11-15(2)13-17(12-14)22(29)27(23(4,5)6)26-21(28)18-7-8-19-20(16(18)3)31-10-9-25-24(19)30;;/h11,15-17,23H,12,14H2,1-10H3,(H,32,34);7,11-13,19,25,30H,8-10H2,1-6H3,(H,26,28);2*1H4. The van der Waals surface area contributed by atoms with Crippen LogP contribution in [0.3, 0.4) is 0 Å². The number of hydrogen-bond acceptors (Lipinski definition) is 11. The number of ether oxygens (including phenoxy) is 2. The first-order chi connectivity index (χ1) is 32.0. The number of nitrogens with zero attached hydrogens (tertiary/aromatic N) is 3. The van der Waals surface area contributed by atoms with Gasteiger partial charge in [0.15, 0.2) is 6.61 Å². The zero-order valence-electron chi connectivity index (χ0n) is 43.5. The molecule has 0 aromatic heterocycles. The molecular formula is C54H80B2N6O9. The van der Waals surface area contributed by atoms with Gasteiger partial charge < -0.3 is 29.0 Å². The number of amides is 4. The van der Waals surface area contributed by atoms with Crippen molar-refractivity contribution in [2.24, 2.45) is 0 Å². The fraction of sp³-hybridized carbons (Fsp3) is 0.537. The van der Waals surface area contributed by atoms with Crippen molar-refractivity contribution in [1.29, 1.82) is 5.26 Å². The van der Waals surface area contributed by atoms with Gasteiger partial charge in [-0.25, -0.2) is 10.0 Å². The van der Waals surface area contributed by atoms with Gasteiger partial charge in [0, 0.05) is 34.6 Å². The van der Waals surface area contributed by atoms with Gasteiger partial charge in [-0.2, -0.15) is 5.26 Å². The van der Waals surface area contributed by atoms with Crippen LogP contribution < -0.4 is 16.1 Å². The summed E-state index contributed by atoms with van der Waals surface area (Å²) in [6.07, 6.45) is 4.52. The van der Waals surface area contributed by atoms with Crippen LogP contribution in [0.5, 0.6) is 0 Å². The summed E-state index contributed by atoms with van der Waals surface area (Å²) in [5, 5.41) is 25.3. The van der Waals surface area contributed by atoms with E-state index in [1.165, 1.54) is 10.0 Å². The molecule has 2 aromatic carbocycles. The van der Waals surface area contributed by atoms with Gasteiger partial charge in [0.05, 0.1) is 40.5 Å². The van der Waals surface area contributed by atoms with Crippen molar-refractivity contribution in [3.05, 3.63) is 116 Å². The third kappa shape index (κ3) is 13.9. The van der Waals surface area contributed by atoms with Gasteiger partial charge in [0.2, 0.25) is 0 Å². The predicted molar refractivity (Wildman–Crippen MR) is 281 cm³/mol. The Hall–Kier alpha value is -5.66. The molecule has 0 radical (unpaired) electrons. The third-order valence-corrected chi connectivity index (χ3v) is 13.0. The molecule has 2 saturated heterocycles. The predicted octanol–water partition coefficient (Wildman–Crippen LogP) is 9.10. The van der Waals surface area contributed by atoms with Crippen LogP contribution in [0, 0.1) is 39.0 Å². The number of hydrazine groups is 2. The third-order valence-electron chi connectivity index (χ3n) is 13.0. The van der Waals surface area contributed by atoms with E-state index in [2.05, 4.69) is 16.1 Å². The molecule has 15 nitrogen and oxygen atoms in total. The normalized spacial score (nSPS) is 19.3. The molecule has 2 unspecified atom stereocenters. The minimum atomic E-state index is -0.717. The summed E-state index contributed by atoms with van der Waals surface area (Å²) in [5.41, 5.74) is 10.3. The lowest BCUT2D eigenvalue weighted by Crippen LogP contribution is -2.56. The van der Waals surface area contributed by atoms with Gasteiger partial charge in [-0.05, 0) is 159 Å². The topological polar surface area (TPSA) is 192 Å². The number of rotatable bonds is 7. The lowest BCUT2D eigenvalue weighted by atomic mass is 9.62. The highest BCUT2D eigenvalue weighted by atomic mass is 16.7. The number of allylic oxidation sites excluding steroid dienone is 4. The average Bonchev–Trinajstić information content (AvgIpc) is 3.32. The van der Waals surface area contributed by atoms with E-state index in [9.17, 15) is 29.5 Å². The zero-order valence-corrected chi connectivity index (χ0v) is 43.5. The Labute approximate surface area is 424 Å². The van der Waals surface area contributed by atoms with E-state index >= 15 is 0 Å². The van der Waals surface area contributed by atoms with E-state index in [0.717, 1.165) is 22.3 Å². The first-order valence-electron chi connectivity index (χ1n) is 23.7. The van der Waals surface area contributed by atoms with E-state index in [0.29, 0.717) is 70.9 Å². The number of hydrogen-bond donors (Lipinski definition) is 4. The summed E-state index contributed by atoms with van der Waals surface area (Å²) in [6.45, 7) is 31.3. The summed E-state index contributed by atoms with van der Waals surface area (Å²) in [4.78, 5) is 53.7. The van der Waals surface area contributed by atoms with E-state index in [1.807, 2.05) is 152 Å². The van der Waals surface area contributed by atoms with Crippen LogP contribution in [0.1, 0.15) is 154 Å². The van der Waals surface area contributed by atoms with Gasteiger partial charge in [-0.15, -0.1) is 0 Å². The van der Waals surface area contributed by atoms with Crippen molar-refractivity contribution in [1.82, 2.24) is 26.1 Å². The first-order valence-corrected chi connectivity index (χ1v) is 23.7. The van der Waals surface area contributed by atoms with Crippen LogP contribution in [0.2, 0.25) is 11.6 Å². The van der Waals surface area contributed by atoms with Gasteiger partial charge in [0.1, 0.15) is 11.8 Å². The van der Waals surface area contributed by atoms with Crippen LogP contribution >= 0.6 is 0 Å². The second kappa shape index (κ2) is 23.3. The molecule has 2 heterocycles. The number of carbonyl (C=O) groups excluding carboxylic acids is 4. The Morgan fingerprint density at radius 1 is 0.732 bits per heavy atom. The molecule has 2 aliphatic heterocycles. The first kappa shape index (κ1) is 59.6. The van der Waals surface area contributed by atoms with Crippen LogP contribution in [-0.2, 0) is 28.4 Å². The Morgan fingerprint density at radius 2 is 1.14 bits per heavy atom. The maximum Gasteiger partial charge on any atom is 0.469 e. The zero-order chi connectivity index (χ0) is 51.6. The molecule has 2 aromatic rings. The Balaban J connectivity index is 0.000000372. The van der Waals surface area contributed by atoms with Gasteiger partial charge in [-0.3, -0.25) is 30.0 Å². The number of aryl methyl sites for hydroxylation is 4. The smallest absolute Gasteiger partial charge is 0.469 e. The van der Waals surface area contributed by atoms with E-state index in [-0.39, 0.29) is 50.8 Å². The summed E-state index contributed by atoms with van der Waals surface area (Å²) in [7, 11) is -1.31. The van der Waals surface area contributed by atoms with Crippen molar-refractivity contribution < 1.29 is 43.0 Å². The molecule has 6 rings (SSSR count). The van der Waals surface area contributed by atoms with Gasteiger partial charge >= 0.3 is 14.2 Å². The van der Waals surface area contributed by atoms with Crippen LogP contribution in [-0.4, -0.2) is 94.9 Å². The highest BCUT2D eigenvalue weighted by Gasteiger charge is 2.55. The molecule has 4 amide bonds. The van der Waals surface area contributed by atoms with Crippen molar-refractivity contribution in [2.45, 2.75) is 172 Å². The monoisotopic (exact) mass is 979 g/mol. The minimum absolute atomic E-state index is 0. The molecule has 4 aliphatic rings. The highest BCUT2D eigenvalue weighted by molar-refractivity contribution is 6.50. The highest BCUT2D eigenvalue weighted by Crippen LogP contribution is 2.46. The largest absolute Gasteiger partial charge is 0.497 e. The van der Waals surface area contributed by atoms with Gasteiger partial charge in [0.25, 0.3) is 23.6 Å².